The van der Waals surface area contributed by atoms with E-state index in [-0.39, 0.29) is 23.7 Å². The molecule has 1 aliphatic heterocycles. The molecule has 2 heterocycles. The van der Waals surface area contributed by atoms with E-state index in [0.29, 0.717) is 11.6 Å². The standard InChI is InChI=1S/C30H34N2O2/c33-29-26-22-17-11-6-4-2-1-3-5-10-16-21(22)25-23-18-12-13-19-24(23)31-28(25)27(26)30(34)32(29)20-14-8-7-9-15-20/h7-9,12-15,18-19,21-22,26-27,31H,1-6,10-11,16-17H2/t21-,22?,26?,27?/m1/s1. The molecule has 2 amide bonds. The number of aromatic amines is 1. The number of imide groups is 1. The number of amides is 2. The van der Waals surface area contributed by atoms with E-state index >= 15 is 0 Å². The van der Waals surface area contributed by atoms with Gasteiger partial charge in [-0.25, -0.2) is 4.90 Å². The quantitative estimate of drug-likeness (QED) is 0.400. The molecule has 3 aliphatic rings. The molecule has 6 rings (SSSR count). The number of H-pyrrole nitrogens is 1. The zero-order valence-electron chi connectivity index (χ0n) is 19.8. The second kappa shape index (κ2) is 9.05. The van der Waals surface area contributed by atoms with Crippen molar-refractivity contribution in [3.63, 3.8) is 0 Å². The molecule has 4 heteroatoms. The Labute approximate surface area is 201 Å². The Balaban J connectivity index is 1.49. The SMILES string of the molecule is O=C1C2c3[nH]c4ccccc4c3[C@@H]3CCCCCCCCCCC3C2C(=O)N1c1ccccc1. The lowest BCUT2D eigenvalue weighted by atomic mass is 9.63. The molecule has 4 nitrogen and oxygen atoms in total. The first-order valence-electron chi connectivity index (χ1n) is 13.3. The van der Waals surface area contributed by atoms with Crippen molar-refractivity contribution >= 4 is 28.4 Å². The average Bonchev–Trinajstić information content (AvgIpc) is 3.35. The van der Waals surface area contributed by atoms with Gasteiger partial charge in [-0.05, 0) is 48.4 Å². The predicted octanol–water partition coefficient (Wildman–Crippen LogP) is 7.07. The van der Waals surface area contributed by atoms with Crippen molar-refractivity contribution in [1.29, 1.82) is 0 Å². The number of carbonyl (C=O) groups excluding carboxylic acids is 2. The van der Waals surface area contributed by atoms with Crippen LogP contribution >= 0.6 is 0 Å². The minimum atomic E-state index is -0.399. The third kappa shape index (κ3) is 3.50. The molecule has 2 fully saturated rings. The lowest BCUT2D eigenvalue weighted by molar-refractivity contribution is -0.123. The van der Waals surface area contributed by atoms with Crippen molar-refractivity contribution in [2.45, 2.75) is 76.0 Å². The summed E-state index contributed by atoms with van der Waals surface area (Å²) in [5.41, 5.74) is 4.14. The minimum absolute atomic E-state index is 0.00704. The number of anilines is 1. The number of carbonyl (C=O) groups is 2. The van der Waals surface area contributed by atoms with E-state index in [0.717, 1.165) is 30.5 Å². The highest BCUT2D eigenvalue weighted by Crippen LogP contribution is 2.56. The third-order valence-electron chi connectivity index (χ3n) is 8.60. The first kappa shape index (κ1) is 21.6. The van der Waals surface area contributed by atoms with Gasteiger partial charge in [0.2, 0.25) is 11.8 Å². The molecule has 1 aromatic heterocycles. The molecule has 0 radical (unpaired) electrons. The van der Waals surface area contributed by atoms with E-state index in [1.165, 1.54) is 60.8 Å². The Kier molecular flexibility index (Phi) is 5.76. The number of aromatic nitrogens is 1. The summed E-state index contributed by atoms with van der Waals surface area (Å²) < 4.78 is 0. The number of para-hydroxylation sites is 2. The van der Waals surface area contributed by atoms with E-state index in [2.05, 4.69) is 29.2 Å². The fourth-order valence-electron chi connectivity index (χ4n) is 7.10. The molecule has 0 spiro atoms. The molecule has 34 heavy (non-hydrogen) atoms. The van der Waals surface area contributed by atoms with Crippen molar-refractivity contribution in [3.05, 3.63) is 65.9 Å². The highest BCUT2D eigenvalue weighted by molar-refractivity contribution is 6.24. The highest BCUT2D eigenvalue weighted by atomic mass is 16.2. The van der Waals surface area contributed by atoms with Gasteiger partial charge in [-0.3, -0.25) is 9.59 Å². The van der Waals surface area contributed by atoms with E-state index in [1.807, 2.05) is 30.3 Å². The van der Waals surface area contributed by atoms with Crippen LogP contribution in [0.3, 0.4) is 0 Å². The number of hydrogen-bond donors (Lipinski definition) is 1. The summed E-state index contributed by atoms with van der Waals surface area (Å²) in [6.45, 7) is 0. The van der Waals surface area contributed by atoms with Gasteiger partial charge in [-0.15, -0.1) is 0 Å². The molecular weight excluding hydrogens is 420 g/mol. The number of fused-ring (bicyclic) bond motifs is 8. The zero-order chi connectivity index (χ0) is 23.1. The number of benzene rings is 2. The van der Waals surface area contributed by atoms with Crippen molar-refractivity contribution in [1.82, 2.24) is 4.98 Å². The number of nitrogens with zero attached hydrogens (tertiary/aromatic N) is 1. The summed E-state index contributed by atoms with van der Waals surface area (Å²) >= 11 is 0. The normalized spacial score (nSPS) is 28.1. The number of hydrogen-bond acceptors (Lipinski definition) is 2. The van der Waals surface area contributed by atoms with Crippen molar-refractivity contribution in [2.75, 3.05) is 4.90 Å². The summed E-state index contributed by atoms with van der Waals surface area (Å²) in [5.74, 6) is -0.155. The average molecular weight is 455 g/mol. The van der Waals surface area contributed by atoms with Gasteiger partial charge in [0.25, 0.3) is 0 Å². The van der Waals surface area contributed by atoms with Crippen molar-refractivity contribution < 1.29 is 9.59 Å². The maximum Gasteiger partial charge on any atom is 0.243 e. The molecule has 2 aliphatic carbocycles. The minimum Gasteiger partial charge on any atom is -0.357 e. The smallest absolute Gasteiger partial charge is 0.243 e. The van der Waals surface area contributed by atoms with Crippen LogP contribution < -0.4 is 4.90 Å². The first-order chi connectivity index (χ1) is 16.8. The maximum absolute atomic E-state index is 14.0. The van der Waals surface area contributed by atoms with Gasteiger partial charge in [-0.1, -0.05) is 87.8 Å². The first-order valence-corrected chi connectivity index (χ1v) is 13.3. The number of nitrogens with one attached hydrogen (secondary N) is 1. The molecule has 3 unspecified atom stereocenters. The van der Waals surface area contributed by atoms with Crippen LogP contribution in [0.4, 0.5) is 5.69 Å². The fourth-order valence-corrected chi connectivity index (χ4v) is 7.10. The van der Waals surface area contributed by atoms with Gasteiger partial charge in [0, 0.05) is 16.6 Å². The van der Waals surface area contributed by atoms with Crippen LogP contribution in [0.2, 0.25) is 0 Å². The Morgan fingerprint density at radius 1 is 0.706 bits per heavy atom. The largest absolute Gasteiger partial charge is 0.357 e. The summed E-state index contributed by atoms with van der Waals surface area (Å²) in [6.07, 6.45) is 12.2. The van der Waals surface area contributed by atoms with Crippen LogP contribution in [0, 0.1) is 11.8 Å². The van der Waals surface area contributed by atoms with Gasteiger partial charge < -0.3 is 4.98 Å². The molecule has 1 N–H and O–H groups in total. The van der Waals surface area contributed by atoms with E-state index in [4.69, 9.17) is 0 Å². The zero-order valence-corrected chi connectivity index (χ0v) is 19.8. The number of rotatable bonds is 1. The lowest BCUT2D eigenvalue weighted by Crippen LogP contribution is -2.36. The summed E-state index contributed by atoms with van der Waals surface area (Å²) in [5, 5.41) is 1.25. The molecule has 1 saturated heterocycles. The second-order valence-corrected chi connectivity index (χ2v) is 10.5. The van der Waals surface area contributed by atoms with Crippen LogP contribution in [0.25, 0.3) is 10.9 Å². The fraction of sp³-hybridized carbons (Fsp3) is 0.467. The lowest BCUT2D eigenvalue weighted by Gasteiger charge is -2.38. The predicted molar refractivity (Wildman–Crippen MR) is 136 cm³/mol. The Morgan fingerprint density at radius 2 is 1.35 bits per heavy atom. The molecule has 0 bridgehead atoms. The third-order valence-corrected chi connectivity index (χ3v) is 8.60. The summed E-state index contributed by atoms with van der Waals surface area (Å²) in [4.78, 5) is 33.0. The molecular formula is C30H34N2O2. The molecule has 3 aromatic rings. The van der Waals surface area contributed by atoms with E-state index < -0.39 is 5.92 Å². The van der Waals surface area contributed by atoms with E-state index in [1.54, 1.807) is 0 Å². The van der Waals surface area contributed by atoms with E-state index in [9.17, 15) is 9.59 Å². The topological polar surface area (TPSA) is 53.2 Å². The van der Waals surface area contributed by atoms with Crippen molar-refractivity contribution in [3.8, 4) is 0 Å². The van der Waals surface area contributed by atoms with Gasteiger partial charge in [0.1, 0.15) is 0 Å². The summed E-state index contributed by atoms with van der Waals surface area (Å²) in [7, 11) is 0. The van der Waals surface area contributed by atoms with Crippen LogP contribution in [-0.4, -0.2) is 16.8 Å². The Hall–Kier alpha value is -2.88. The van der Waals surface area contributed by atoms with Crippen LogP contribution in [0.5, 0.6) is 0 Å². The van der Waals surface area contributed by atoms with Crippen LogP contribution in [0.15, 0.2) is 54.6 Å². The maximum atomic E-state index is 14.0. The summed E-state index contributed by atoms with van der Waals surface area (Å²) in [6, 6.07) is 18.0. The monoisotopic (exact) mass is 454 g/mol. The molecule has 2 aromatic carbocycles. The molecule has 176 valence electrons. The van der Waals surface area contributed by atoms with Gasteiger partial charge in [0.15, 0.2) is 0 Å². The molecule has 4 atom stereocenters. The highest BCUT2D eigenvalue weighted by Gasteiger charge is 2.57. The van der Waals surface area contributed by atoms with Gasteiger partial charge >= 0.3 is 0 Å². The second-order valence-electron chi connectivity index (χ2n) is 10.5. The van der Waals surface area contributed by atoms with Crippen LogP contribution in [0.1, 0.15) is 87.3 Å². The van der Waals surface area contributed by atoms with Crippen molar-refractivity contribution in [2.24, 2.45) is 11.8 Å². The van der Waals surface area contributed by atoms with Gasteiger partial charge in [0.05, 0.1) is 17.5 Å². The Morgan fingerprint density at radius 3 is 2.12 bits per heavy atom. The Bertz CT molecular complexity index is 1200. The molecule has 1 saturated carbocycles. The van der Waals surface area contributed by atoms with Crippen LogP contribution in [-0.2, 0) is 9.59 Å². The van der Waals surface area contributed by atoms with Gasteiger partial charge in [-0.2, -0.15) is 0 Å².